The van der Waals surface area contributed by atoms with E-state index in [0.29, 0.717) is 35.8 Å². The van der Waals surface area contributed by atoms with Crippen molar-refractivity contribution in [2.45, 2.75) is 57.0 Å². The Kier molecular flexibility index (Phi) is 9.34. The normalized spacial score (nSPS) is 20.1. The number of hydrogen-bond acceptors (Lipinski definition) is 6. The second-order valence-electron chi connectivity index (χ2n) is 11.4. The minimum atomic E-state index is -5.13. The monoisotopic (exact) mass is 582 g/mol. The summed E-state index contributed by atoms with van der Waals surface area (Å²) in [6.45, 7) is 3.64. The number of benzene rings is 1. The number of alkyl halides is 3. The average Bonchev–Trinajstić information content (AvgIpc) is 2.92. The molecule has 2 aliphatic heterocycles. The highest BCUT2D eigenvalue weighted by atomic mass is 35.5. The van der Waals surface area contributed by atoms with Gasteiger partial charge in [-0.1, -0.05) is 41.4 Å². The fourth-order valence-corrected chi connectivity index (χ4v) is 6.08. The van der Waals surface area contributed by atoms with Gasteiger partial charge in [0.15, 0.2) is 0 Å². The van der Waals surface area contributed by atoms with E-state index in [2.05, 4.69) is 9.88 Å². The highest BCUT2D eigenvalue weighted by Crippen LogP contribution is 2.42. The van der Waals surface area contributed by atoms with Crippen LogP contribution in [0.25, 0.3) is 0 Å². The van der Waals surface area contributed by atoms with Gasteiger partial charge in [0.05, 0.1) is 0 Å². The van der Waals surface area contributed by atoms with Crippen molar-refractivity contribution in [3.8, 4) is 0 Å². The van der Waals surface area contributed by atoms with E-state index in [0.717, 1.165) is 44.2 Å². The van der Waals surface area contributed by atoms with Gasteiger partial charge >= 0.3 is 6.18 Å². The number of nitrogens with zero attached hydrogens (tertiary/aromatic N) is 4. The molecule has 2 atom stereocenters. The maximum atomic E-state index is 14.0. The predicted octanol–water partition coefficient (Wildman–Crippen LogP) is 4.89. The number of carbonyl (C=O) groups is 1. The summed E-state index contributed by atoms with van der Waals surface area (Å²) in [5.41, 5.74) is -2.91. The summed E-state index contributed by atoms with van der Waals surface area (Å²) in [6, 6.07) is 9.09. The number of piperidine rings is 2. The molecule has 2 unspecified atom stereocenters. The largest absolute Gasteiger partial charge is 0.430 e. The molecule has 0 aliphatic carbocycles. The number of anilines is 1. The van der Waals surface area contributed by atoms with Crippen LogP contribution in [0.1, 0.15) is 55.0 Å². The average molecular weight is 583 g/mol. The Bertz CT molecular complexity index is 1180. The van der Waals surface area contributed by atoms with Gasteiger partial charge in [0.1, 0.15) is 17.2 Å². The van der Waals surface area contributed by atoms with E-state index in [-0.39, 0.29) is 18.2 Å². The molecule has 2 aliphatic rings. The second-order valence-corrected chi connectivity index (χ2v) is 11.7. The van der Waals surface area contributed by atoms with Crippen LogP contribution in [0.2, 0.25) is 5.15 Å². The van der Waals surface area contributed by atoms with E-state index < -0.39 is 29.5 Å². The van der Waals surface area contributed by atoms with Gasteiger partial charge in [0.2, 0.25) is 0 Å². The zero-order valence-electron chi connectivity index (χ0n) is 23.2. The molecular weight excluding hydrogens is 545 g/mol. The predicted molar refractivity (Wildman–Crippen MR) is 148 cm³/mol. The molecule has 0 saturated carbocycles. The zero-order chi connectivity index (χ0) is 29.2. The van der Waals surface area contributed by atoms with Crippen molar-refractivity contribution in [1.29, 1.82) is 0 Å². The molecule has 220 valence electrons. The standard InChI is InChI=1S/C29H38ClF3N4O3/c1-19-5-4-6-22(17-19)28(40,29(31,32)33)27(39)37-15-11-21(12-16-37)18-20-9-13-36(14-10-20)24-8-7-23(25(30)34-24)26(38)35(2)3/h4-8,17,20-21,26,38,40H,9-16,18H2,1-3H3. The number of aliphatic hydroxyl groups is 2. The van der Waals surface area contributed by atoms with Crippen LogP contribution in [0.5, 0.6) is 0 Å². The van der Waals surface area contributed by atoms with Crippen LogP contribution >= 0.6 is 11.6 Å². The first-order valence-electron chi connectivity index (χ1n) is 13.7. The van der Waals surface area contributed by atoms with Crippen molar-refractivity contribution < 1.29 is 28.2 Å². The fourth-order valence-electron chi connectivity index (χ4n) is 5.83. The second kappa shape index (κ2) is 12.2. The number of hydrogen-bond donors (Lipinski definition) is 2. The molecule has 0 spiro atoms. The minimum Gasteiger partial charge on any atom is -0.374 e. The van der Waals surface area contributed by atoms with Crippen molar-refractivity contribution in [2.75, 3.05) is 45.2 Å². The summed E-state index contributed by atoms with van der Waals surface area (Å²) >= 11 is 6.34. The number of amides is 1. The third-order valence-corrected chi connectivity index (χ3v) is 8.60. The first-order valence-corrected chi connectivity index (χ1v) is 14.1. The molecule has 1 aromatic heterocycles. The lowest BCUT2D eigenvalue weighted by Crippen LogP contribution is -2.57. The molecule has 7 nitrogen and oxygen atoms in total. The number of rotatable bonds is 7. The third-order valence-electron chi connectivity index (χ3n) is 8.29. The number of aromatic nitrogens is 1. The Morgan fingerprint density at radius 3 is 2.20 bits per heavy atom. The fraction of sp³-hybridized carbons (Fsp3) is 0.586. The summed E-state index contributed by atoms with van der Waals surface area (Å²) in [4.78, 5) is 22.6. The van der Waals surface area contributed by atoms with Gasteiger partial charge in [-0.15, -0.1) is 0 Å². The zero-order valence-corrected chi connectivity index (χ0v) is 23.9. The van der Waals surface area contributed by atoms with Gasteiger partial charge in [0, 0.05) is 37.3 Å². The van der Waals surface area contributed by atoms with E-state index >= 15 is 0 Å². The van der Waals surface area contributed by atoms with E-state index in [1.165, 1.54) is 17.0 Å². The number of halogens is 4. The molecule has 0 bridgehead atoms. The lowest BCUT2D eigenvalue weighted by Gasteiger charge is -2.40. The minimum absolute atomic E-state index is 0.195. The van der Waals surface area contributed by atoms with Gasteiger partial charge in [-0.2, -0.15) is 13.2 Å². The summed E-state index contributed by atoms with van der Waals surface area (Å²) < 4.78 is 42.1. The SMILES string of the molecule is Cc1cccc(C(O)(C(=O)N2CCC(CC3CCN(c4ccc(C(O)N(C)C)c(Cl)n4)CC3)CC2)C(F)(F)F)c1. The van der Waals surface area contributed by atoms with Crippen LogP contribution in [-0.2, 0) is 10.4 Å². The third kappa shape index (κ3) is 6.40. The van der Waals surface area contributed by atoms with Crippen molar-refractivity contribution in [2.24, 2.45) is 11.8 Å². The number of aryl methyl sites for hydroxylation is 1. The molecule has 1 amide bonds. The molecule has 11 heteroatoms. The molecule has 3 heterocycles. The van der Waals surface area contributed by atoms with Gasteiger partial charge in [0.25, 0.3) is 11.5 Å². The van der Waals surface area contributed by atoms with Crippen LogP contribution in [0.15, 0.2) is 36.4 Å². The summed E-state index contributed by atoms with van der Waals surface area (Å²) in [6.07, 6.45) is -1.86. The van der Waals surface area contributed by atoms with Crippen LogP contribution in [0.4, 0.5) is 19.0 Å². The van der Waals surface area contributed by atoms with Crippen LogP contribution in [0.3, 0.4) is 0 Å². The number of pyridine rings is 1. The quantitative estimate of drug-likeness (QED) is 0.357. The summed E-state index contributed by atoms with van der Waals surface area (Å²) in [7, 11) is 3.52. The van der Waals surface area contributed by atoms with E-state index in [1.807, 2.05) is 6.07 Å². The Hall–Kier alpha value is -2.40. The maximum absolute atomic E-state index is 14.0. The summed E-state index contributed by atoms with van der Waals surface area (Å²) in [5, 5.41) is 21.3. The molecule has 2 aromatic rings. The molecule has 2 saturated heterocycles. The maximum Gasteiger partial charge on any atom is 0.430 e. The number of carbonyl (C=O) groups excluding carboxylic acids is 1. The number of likely N-dealkylation sites (tertiary alicyclic amines) is 1. The molecule has 4 rings (SSSR count). The van der Waals surface area contributed by atoms with E-state index in [4.69, 9.17) is 11.6 Å². The van der Waals surface area contributed by atoms with Crippen LogP contribution < -0.4 is 4.90 Å². The van der Waals surface area contributed by atoms with Crippen molar-refractivity contribution in [3.05, 3.63) is 58.2 Å². The van der Waals surface area contributed by atoms with Gasteiger partial charge in [-0.3, -0.25) is 9.69 Å². The molecular formula is C29H38ClF3N4O3. The topological polar surface area (TPSA) is 80.1 Å². The highest BCUT2D eigenvalue weighted by molar-refractivity contribution is 6.30. The van der Waals surface area contributed by atoms with Crippen molar-refractivity contribution in [3.63, 3.8) is 0 Å². The van der Waals surface area contributed by atoms with Crippen LogP contribution in [-0.4, -0.2) is 77.4 Å². The molecule has 40 heavy (non-hydrogen) atoms. The Labute approximate surface area is 238 Å². The highest BCUT2D eigenvalue weighted by Gasteiger charge is 2.62. The lowest BCUT2D eigenvalue weighted by atomic mass is 9.82. The first-order chi connectivity index (χ1) is 18.8. The molecule has 2 fully saturated rings. The molecule has 0 radical (unpaired) electrons. The van der Waals surface area contributed by atoms with Crippen LogP contribution in [0, 0.1) is 18.8 Å². The first kappa shape index (κ1) is 30.6. The molecule has 2 N–H and O–H groups in total. The lowest BCUT2D eigenvalue weighted by molar-refractivity contribution is -0.262. The van der Waals surface area contributed by atoms with Crippen molar-refractivity contribution >= 4 is 23.3 Å². The smallest absolute Gasteiger partial charge is 0.374 e. The van der Waals surface area contributed by atoms with Gasteiger partial charge in [-0.25, -0.2) is 4.98 Å². The number of aliphatic hydroxyl groups excluding tert-OH is 1. The van der Waals surface area contributed by atoms with E-state index in [9.17, 15) is 28.2 Å². The van der Waals surface area contributed by atoms with E-state index in [1.54, 1.807) is 38.1 Å². The Morgan fingerprint density at radius 2 is 1.68 bits per heavy atom. The summed E-state index contributed by atoms with van der Waals surface area (Å²) in [5.74, 6) is 0.273. The van der Waals surface area contributed by atoms with Gasteiger partial charge in [-0.05, 0) is 77.1 Å². The molecule has 1 aromatic carbocycles. The Morgan fingerprint density at radius 1 is 1.07 bits per heavy atom. The van der Waals surface area contributed by atoms with Crippen molar-refractivity contribution in [1.82, 2.24) is 14.8 Å². The Balaban J connectivity index is 1.30. The van der Waals surface area contributed by atoms with Gasteiger partial charge < -0.3 is 20.0 Å².